The molecule has 0 heterocycles. The quantitative estimate of drug-likeness (QED) is 0.482. The summed E-state index contributed by atoms with van der Waals surface area (Å²) in [5.41, 5.74) is 3.73. The Bertz CT molecular complexity index is 591. The standard InChI is InChI=1S/C16H19N2O/c1-3-13-9-5-7-11-15(13)17-18(19)16-12-8-6-10-14(16)4-2/h5-12H,3-4H2,1-2H3,(H,17,19)/q+1. The first-order valence-electron chi connectivity index (χ1n) is 6.62. The van der Waals surface area contributed by atoms with E-state index in [0.717, 1.165) is 40.2 Å². The Morgan fingerprint density at radius 3 is 2.16 bits per heavy atom. The van der Waals surface area contributed by atoms with Crippen molar-refractivity contribution in [3.8, 4) is 0 Å². The van der Waals surface area contributed by atoms with Crippen molar-refractivity contribution in [3.63, 3.8) is 0 Å². The van der Waals surface area contributed by atoms with Gasteiger partial charge in [0, 0.05) is 11.6 Å². The molecule has 3 heteroatoms. The van der Waals surface area contributed by atoms with Crippen LogP contribution in [0.3, 0.4) is 0 Å². The molecule has 0 unspecified atom stereocenters. The molecule has 0 spiro atoms. The summed E-state index contributed by atoms with van der Waals surface area (Å²) >= 11 is 0. The molecule has 0 radical (unpaired) electrons. The van der Waals surface area contributed by atoms with Crippen molar-refractivity contribution >= 4 is 11.4 Å². The third-order valence-electron chi connectivity index (χ3n) is 3.16. The van der Waals surface area contributed by atoms with Gasteiger partial charge in [-0.15, -0.1) is 0 Å². The lowest BCUT2D eigenvalue weighted by Crippen LogP contribution is -1.99. The summed E-state index contributed by atoms with van der Waals surface area (Å²) in [5, 5.41) is 14.5. The van der Waals surface area contributed by atoms with E-state index in [2.05, 4.69) is 19.0 Å². The summed E-state index contributed by atoms with van der Waals surface area (Å²) in [6.45, 7) is 4.14. The van der Waals surface area contributed by atoms with Gasteiger partial charge in [0.25, 0.3) is 5.69 Å². The minimum Gasteiger partial charge on any atom is -0.259 e. The molecule has 1 N–H and O–H groups in total. The summed E-state index contributed by atoms with van der Waals surface area (Å²) < 4.78 is 0. The van der Waals surface area contributed by atoms with Crippen LogP contribution in [0, 0.1) is 0 Å². The fraction of sp³-hybridized carbons (Fsp3) is 0.250. The van der Waals surface area contributed by atoms with Gasteiger partial charge in [-0.05, 0) is 24.5 Å². The maximum atomic E-state index is 10.2. The molecule has 0 aromatic heterocycles. The molecule has 2 aromatic carbocycles. The smallest absolute Gasteiger partial charge is 0.259 e. The molecule has 0 aliphatic carbocycles. The van der Waals surface area contributed by atoms with E-state index in [9.17, 15) is 5.21 Å². The first kappa shape index (κ1) is 13.3. The number of benzene rings is 2. The van der Waals surface area contributed by atoms with E-state index >= 15 is 0 Å². The van der Waals surface area contributed by atoms with Gasteiger partial charge in [-0.3, -0.25) is 5.21 Å². The van der Waals surface area contributed by atoms with Gasteiger partial charge in [-0.2, -0.15) is 0 Å². The van der Waals surface area contributed by atoms with E-state index < -0.39 is 0 Å². The first-order chi connectivity index (χ1) is 9.26. The normalized spacial score (nSPS) is 11.6. The van der Waals surface area contributed by atoms with Crippen LogP contribution in [0.4, 0.5) is 11.4 Å². The summed E-state index contributed by atoms with van der Waals surface area (Å²) in [7, 11) is 0. The average molecular weight is 255 g/mol. The molecule has 0 atom stereocenters. The lowest BCUT2D eigenvalue weighted by molar-refractivity contribution is -0.761. The van der Waals surface area contributed by atoms with E-state index in [1.807, 2.05) is 48.5 Å². The summed E-state index contributed by atoms with van der Waals surface area (Å²) in [6, 6.07) is 15.6. The van der Waals surface area contributed by atoms with Crippen LogP contribution in [0.1, 0.15) is 25.0 Å². The average Bonchev–Trinajstić information content (AvgIpc) is 2.47. The number of azo groups is 1. The molecular weight excluding hydrogens is 236 g/mol. The van der Waals surface area contributed by atoms with Crippen molar-refractivity contribution in [3.05, 3.63) is 59.7 Å². The van der Waals surface area contributed by atoms with Crippen molar-refractivity contribution in [1.82, 2.24) is 0 Å². The molecule has 0 saturated carbocycles. The van der Waals surface area contributed by atoms with Crippen molar-refractivity contribution in [2.24, 2.45) is 5.11 Å². The molecule has 0 bridgehead atoms. The van der Waals surface area contributed by atoms with Crippen LogP contribution in [0.5, 0.6) is 0 Å². The van der Waals surface area contributed by atoms with Gasteiger partial charge < -0.3 is 0 Å². The van der Waals surface area contributed by atoms with Crippen LogP contribution in [-0.2, 0) is 12.8 Å². The topological polar surface area (TPSA) is 35.6 Å². The van der Waals surface area contributed by atoms with Crippen LogP contribution >= 0.6 is 0 Å². The fourth-order valence-corrected chi connectivity index (χ4v) is 2.07. The molecule has 2 aromatic rings. The Labute approximate surface area is 113 Å². The number of hydrogen-bond donors (Lipinski definition) is 1. The van der Waals surface area contributed by atoms with E-state index in [0.29, 0.717) is 0 Å². The van der Waals surface area contributed by atoms with Crippen molar-refractivity contribution in [2.45, 2.75) is 26.7 Å². The van der Waals surface area contributed by atoms with E-state index in [1.165, 1.54) is 0 Å². The number of rotatable bonds is 4. The lowest BCUT2D eigenvalue weighted by Gasteiger charge is -2.00. The van der Waals surface area contributed by atoms with Crippen LogP contribution in [0.25, 0.3) is 0 Å². The molecule has 19 heavy (non-hydrogen) atoms. The monoisotopic (exact) mass is 255 g/mol. The van der Waals surface area contributed by atoms with Crippen LogP contribution in [0.15, 0.2) is 53.6 Å². The van der Waals surface area contributed by atoms with Crippen molar-refractivity contribution in [2.75, 3.05) is 0 Å². The van der Waals surface area contributed by atoms with Crippen molar-refractivity contribution < 1.29 is 10.1 Å². The van der Waals surface area contributed by atoms with E-state index in [4.69, 9.17) is 0 Å². The molecule has 0 aliphatic heterocycles. The largest absolute Gasteiger partial charge is 0.292 e. The predicted octanol–water partition coefficient (Wildman–Crippen LogP) is 4.63. The highest BCUT2D eigenvalue weighted by atomic mass is 16.5. The maximum absolute atomic E-state index is 10.2. The van der Waals surface area contributed by atoms with Crippen LogP contribution in [-0.4, -0.2) is 10.1 Å². The number of nitrogens with zero attached hydrogens (tertiary/aromatic N) is 2. The maximum Gasteiger partial charge on any atom is 0.292 e. The molecule has 0 amide bonds. The van der Waals surface area contributed by atoms with Gasteiger partial charge in [0.2, 0.25) is 0 Å². The second-order valence-electron chi connectivity index (χ2n) is 4.35. The molecule has 0 aliphatic rings. The van der Waals surface area contributed by atoms with E-state index in [-0.39, 0.29) is 0 Å². The Balaban J connectivity index is 2.43. The SMILES string of the molecule is CCc1ccccc1N=[N+](O)c1ccccc1CC. The summed E-state index contributed by atoms with van der Waals surface area (Å²) in [5.74, 6) is 0. The Morgan fingerprint density at radius 2 is 1.47 bits per heavy atom. The second kappa shape index (κ2) is 6.14. The van der Waals surface area contributed by atoms with Gasteiger partial charge in [0.05, 0.1) is 5.11 Å². The summed E-state index contributed by atoms with van der Waals surface area (Å²) in [4.78, 5) is 0.979. The Kier molecular flexibility index (Phi) is 4.29. The minimum atomic E-state index is 0.732. The third-order valence-corrected chi connectivity index (χ3v) is 3.16. The third kappa shape index (κ3) is 2.99. The molecular formula is C16H19N2O+. The highest BCUT2D eigenvalue weighted by molar-refractivity contribution is 5.45. The molecule has 0 fully saturated rings. The molecule has 2 rings (SSSR count). The second-order valence-corrected chi connectivity index (χ2v) is 4.35. The zero-order valence-electron chi connectivity index (χ0n) is 11.4. The van der Waals surface area contributed by atoms with Crippen molar-refractivity contribution in [1.29, 1.82) is 0 Å². The van der Waals surface area contributed by atoms with Crippen LogP contribution < -0.4 is 0 Å². The van der Waals surface area contributed by atoms with Crippen LogP contribution in [0.2, 0.25) is 0 Å². The molecule has 0 saturated heterocycles. The minimum absolute atomic E-state index is 0.732. The Hall–Kier alpha value is -2.16. The van der Waals surface area contributed by atoms with Gasteiger partial charge in [0.15, 0.2) is 0 Å². The Morgan fingerprint density at radius 1 is 0.895 bits per heavy atom. The van der Waals surface area contributed by atoms with Gasteiger partial charge in [0.1, 0.15) is 10.5 Å². The zero-order valence-corrected chi connectivity index (χ0v) is 11.4. The van der Waals surface area contributed by atoms with Gasteiger partial charge >= 0.3 is 0 Å². The molecule has 3 nitrogen and oxygen atoms in total. The van der Waals surface area contributed by atoms with Gasteiger partial charge in [-0.1, -0.05) is 50.2 Å². The number of hydrogen-bond acceptors (Lipinski definition) is 1. The summed E-state index contributed by atoms with van der Waals surface area (Å²) in [6.07, 6.45) is 1.75. The highest BCUT2D eigenvalue weighted by Crippen LogP contribution is 2.24. The number of aryl methyl sites for hydroxylation is 2. The lowest BCUT2D eigenvalue weighted by atomic mass is 10.1. The predicted molar refractivity (Wildman–Crippen MR) is 75.4 cm³/mol. The number of para-hydroxylation sites is 1. The van der Waals surface area contributed by atoms with Gasteiger partial charge in [-0.25, -0.2) is 0 Å². The first-order valence-corrected chi connectivity index (χ1v) is 6.62. The highest BCUT2D eigenvalue weighted by Gasteiger charge is 2.15. The fourth-order valence-electron chi connectivity index (χ4n) is 2.07. The zero-order chi connectivity index (χ0) is 13.7. The molecule has 98 valence electrons. The van der Waals surface area contributed by atoms with E-state index in [1.54, 1.807) is 0 Å².